The fourth-order valence-electron chi connectivity index (χ4n) is 2.36. The van der Waals surface area contributed by atoms with Crippen LogP contribution in [0.4, 0.5) is 0 Å². The normalized spacial score (nSPS) is 32.7. The molecule has 0 spiro atoms. The predicted octanol–water partition coefficient (Wildman–Crippen LogP) is 1.88. The summed E-state index contributed by atoms with van der Waals surface area (Å²) in [5.74, 6) is 2.25. The zero-order chi connectivity index (χ0) is 10.7. The predicted molar refractivity (Wildman–Crippen MR) is 63.8 cm³/mol. The van der Waals surface area contributed by atoms with Crippen LogP contribution in [0, 0.1) is 11.8 Å². The van der Waals surface area contributed by atoms with E-state index < -0.39 is 0 Å². The molecule has 2 saturated carbocycles. The third kappa shape index (κ3) is 3.40. The second kappa shape index (κ2) is 4.86. The van der Waals surface area contributed by atoms with Crippen LogP contribution in [0.2, 0.25) is 0 Å². The highest BCUT2D eigenvalue weighted by Gasteiger charge is 2.23. The maximum atomic E-state index is 5.82. The fraction of sp³-hybridized carbons (Fsp3) is 0.917. The molecule has 3 nitrogen and oxygen atoms in total. The summed E-state index contributed by atoms with van der Waals surface area (Å²) in [6.45, 7) is 3.27. The van der Waals surface area contributed by atoms with Crippen molar-refractivity contribution in [3.05, 3.63) is 0 Å². The second-order valence-corrected chi connectivity index (χ2v) is 5.17. The lowest BCUT2D eigenvalue weighted by Crippen LogP contribution is -2.34. The molecule has 3 N–H and O–H groups in total. The van der Waals surface area contributed by atoms with Crippen LogP contribution >= 0.6 is 0 Å². The molecule has 3 heteroatoms. The fourth-order valence-corrected chi connectivity index (χ4v) is 2.36. The van der Waals surface area contributed by atoms with E-state index >= 15 is 0 Å². The van der Waals surface area contributed by atoms with E-state index in [4.69, 9.17) is 5.73 Å². The Hall–Kier alpha value is -0.730. The minimum Gasteiger partial charge on any atom is -0.370 e. The van der Waals surface area contributed by atoms with Gasteiger partial charge >= 0.3 is 0 Å². The molecule has 0 aliphatic heterocycles. The summed E-state index contributed by atoms with van der Waals surface area (Å²) in [4.78, 5) is 4.46. The van der Waals surface area contributed by atoms with Crippen LogP contribution in [0.15, 0.2) is 4.99 Å². The molecule has 86 valence electrons. The van der Waals surface area contributed by atoms with E-state index in [1.807, 2.05) is 0 Å². The van der Waals surface area contributed by atoms with Crippen molar-refractivity contribution in [1.29, 1.82) is 0 Å². The van der Waals surface area contributed by atoms with Gasteiger partial charge < -0.3 is 11.1 Å². The Morgan fingerprint density at radius 1 is 1.27 bits per heavy atom. The van der Waals surface area contributed by atoms with Crippen molar-refractivity contribution < 1.29 is 0 Å². The Morgan fingerprint density at radius 3 is 2.67 bits per heavy atom. The average molecular weight is 209 g/mol. The number of nitrogens with zero attached hydrogens (tertiary/aromatic N) is 1. The standard InChI is InChI=1S/C12H23N3/c1-9-4-2-3-5-10(9)8-14-12(13)15-11-6-7-11/h9-11H,2-8H2,1H3,(H3,13,14,15). The number of hydrogen-bond donors (Lipinski definition) is 2. The van der Waals surface area contributed by atoms with Crippen molar-refractivity contribution in [2.75, 3.05) is 6.54 Å². The maximum absolute atomic E-state index is 5.82. The van der Waals surface area contributed by atoms with Crippen molar-refractivity contribution in [1.82, 2.24) is 5.32 Å². The van der Waals surface area contributed by atoms with Gasteiger partial charge in [0.05, 0.1) is 0 Å². The van der Waals surface area contributed by atoms with Gasteiger partial charge in [-0.25, -0.2) is 0 Å². The van der Waals surface area contributed by atoms with Crippen molar-refractivity contribution in [2.24, 2.45) is 22.6 Å². The highest BCUT2D eigenvalue weighted by Crippen LogP contribution is 2.29. The second-order valence-electron chi connectivity index (χ2n) is 5.17. The SMILES string of the molecule is CC1CCCCC1CN=C(N)NC1CC1. The van der Waals surface area contributed by atoms with Crippen LogP contribution in [0.3, 0.4) is 0 Å². The molecule has 2 atom stereocenters. The van der Waals surface area contributed by atoms with Crippen LogP contribution in [0.1, 0.15) is 45.4 Å². The highest BCUT2D eigenvalue weighted by atomic mass is 15.1. The van der Waals surface area contributed by atoms with Crippen molar-refractivity contribution >= 4 is 5.96 Å². The van der Waals surface area contributed by atoms with Gasteiger partial charge in [0.2, 0.25) is 0 Å². The van der Waals surface area contributed by atoms with Gasteiger partial charge in [0.15, 0.2) is 5.96 Å². The van der Waals surface area contributed by atoms with E-state index in [-0.39, 0.29) is 0 Å². The zero-order valence-electron chi connectivity index (χ0n) is 9.71. The first-order valence-electron chi connectivity index (χ1n) is 6.32. The van der Waals surface area contributed by atoms with E-state index in [9.17, 15) is 0 Å². The topological polar surface area (TPSA) is 50.4 Å². The van der Waals surface area contributed by atoms with Gasteiger partial charge in [-0.3, -0.25) is 4.99 Å². The van der Waals surface area contributed by atoms with Crippen LogP contribution < -0.4 is 11.1 Å². The molecule has 0 heterocycles. The smallest absolute Gasteiger partial charge is 0.188 e. The lowest BCUT2D eigenvalue weighted by molar-refractivity contribution is 0.263. The van der Waals surface area contributed by atoms with E-state index in [0.29, 0.717) is 12.0 Å². The summed E-state index contributed by atoms with van der Waals surface area (Å²) in [5.41, 5.74) is 5.82. The molecule has 0 aromatic heterocycles. The monoisotopic (exact) mass is 209 g/mol. The summed E-state index contributed by atoms with van der Waals surface area (Å²) < 4.78 is 0. The summed E-state index contributed by atoms with van der Waals surface area (Å²) in [6, 6.07) is 0.623. The van der Waals surface area contributed by atoms with Gasteiger partial charge in [0, 0.05) is 12.6 Å². The number of rotatable bonds is 3. The highest BCUT2D eigenvalue weighted by molar-refractivity contribution is 5.78. The number of nitrogens with one attached hydrogen (secondary N) is 1. The molecule has 15 heavy (non-hydrogen) atoms. The van der Waals surface area contributed by atoms with Gasteiger partial charge in [0.25, 0.3) is 0 Å². The molecule has 0 aromatic rings. The molecule has 2 aliphatic rings. The number of nitrogens with two attached hydrogens (primary N) is 1. The van der Waals surface area contributed by atoms with E-state index in [1.165, 1.54) is 38.5 Å². The first-order valence-corrected chi connectivity index (χ1v) is 6.32. The third-order valence-corrected chi connectivity index (χ3v) is 3.71. The van der Waals surface area contributed by atoms with Crippen LogP contribution in [0.25, 0.3) is 0 Å². The zero-order valence-corrected chi connectivity index (χ0v) is 9.71. The lowest BCUT2D eigenvalue weighted by Gasteiger charge is -2.27. The molecular weight excluding hydrogens is 186 g/mol. The Morgan fingerprint density at radius 2 is 2.00 bits per heavy atom. The Bertz CT molecular complexity index is 233. The number of aliphatic imine (C=N–C) groups is 1. The Balaban J connectivity index is 1.74. The molecule has 2 fully saturated rings. The Labute approximate surface area is 92.5 Å². The average Bonchev–Trinajstić information content (AvgIpc) is 3.00. The number of guanidine groups is 1. The van der Waals surface area contributed by atoms with Gasteiger partial charge in [-0.05, 0) is 31.1 Å². The van der Waals surface area contributed by atoms with Gasteiger partial charge in [0.1, 0.15) is 0 Å². The summed E-state index contributed by atoms with van der Waals surface area (Å²) in [6.07, 6.45) is 8.00. The molecule has 0 radical (unpaired) electrons. The molecule has 0 saturated heterocycles. The van der Waals surface area contributed by atoms with Gasteiger partial charge in [-0.1, -0.05) is 26.2 Å². The quantitative estimate of drug-likeness (QED) is 0.551. The summed E-state index contributed by atoms with van der Waals surface area (Å²) in [7, 11) is 0. The van der Waals surface area contributed by atoms with E-state index in [2.05, 4.69) is 17.2 Å². The van der Waals surface area contributed by atoms with Crippen LogP contribution in [0.5, 0.6) is 0 Å². The molecule has 2 aliphatic carbocycles. The largest absolute Gasteiger partial charge is 0.370 e. The molecule has 0 aromatic carbocycles. The van der Waals surface area contributed by atoms with Crippen molar-refractivity contribution in [2.45, 2.75) is 51.5 Å². The minimum atomic E-state index is 0.623. The molecule has 2 unspecified atom stereocenters. The summed E-state index contributed by atoms with van der Waals surface area (Å²) >= 11 is 0. The minimum absolute atomic E-state index is 0.623. The first-order chi connectivity index (χ1) is 7.25. The molecule has 2 rings (SSSR count). The van der Waals surface area contributed by atoms with Crippen LogP contribution in [-0.2, 0) is 0 Å². The molecule has 0 bridgehead atoms. The van der Waals surface area contributed by atoms with Crippen molar-refractivity contribution in [3.63, 3.8) is 0 Å². The van der Waals surface area contributed by atoms with E-state index in [1.54, 1.807) is 0 Å². The third-order valence-electron chi connectivity index (χ3n) is 3.71. The van der Waals surface area contributed by atoms with Crippen LogP contribution in [-0.4, -0.2) is 18.5 Å². The first kappa shape index (κ1) is 10.8. The lowest BCUT2D eigenvalue weighted by atomic mass is 9.80. The van der Waals surface area contributed by atoms with E-state index in [0.717, 1.165) is 18.4 Å². The summed E-state index contributed by atoms with van der Waals surface area (Å²) in [5, 5.41) is 3.24. The van der Waals surface area contributed by atoms with Gasteiger partial charge in [-0.2, -0.15) is 0 Å². The van der Waals surface area contributed by atoms with Gasteiger partial charge in [-0.15, -0.1) is 0 Å². The molecular formula is C12H23N3. The number of hydrogen-bond acceptors (Lipinski definition) is 1. The van der Waals surface area contributed by atoms with Crippen molar-refractivity contribution in [3.8, 4) is 0 Å². The maximum Gasteiger partial charge on any atom is 0.188 e. The molecule has 0 amide bonds. The Kier molecular flexibility index (Phi) is 3.49.